The van der Waals surface area contributed by atoms with Crippen molar-refractivity contribution in [1.82, 2.24) is 0 Å². The SMILES string of the molecule is COc1ccc(C2Nc3ccccc3C(=O)N2c2ccc3c(c2)OCCO3)cc1OC. The summed E-state index contributed by atoms with van der Waals surface area (Å²) in [6.45, 7) is 0.989. The van der Waals surface area contributed by atoms with Crippen LogP contribution in [-0.2, 0) is 0 Å². The quantitative estimate of drug-likeness (QED) is 0.683. The zero-order valence-electron chi connectivity index (χ0n) is 17.3. The molecule has 2 heterocycles. The summed E-state index contributed by atoms with van der Waals surface area (Å²) in [5.74, 6) is 2.41. The van der Waals surface area contributed by atoms with Crippen molar-refractivity contribution in [2.75, 3.05) is 37.7 Å². The van der Waals surface area contributed by atoms with E-state index in [-0.39, 0.29) is 5.91 Å². The first-order chi connectivity index (χ1) is 15.2. The van der Waals surface area contributed by atoms with Gasteiger partial charge >= 0.3 is 0 Å². The number of methoxy groups -OCH3 is 2. The number of hydrogen-bond acceptors (Lipinski definition) is 6. The van der Waals surface area contributed by atoms with Gasteiger partial charge in [0.2, 0.25) is 0 Å². The Labute approximate surface area is 180 Å². The van der Waals surface area contributed by atoms with E-state index in [0.29, 0.717) is 47.5 Å². The van der Waals surface area contributed by atoms with Gasteiger partial charge in [-0.3, -0.25) is 9.69 Å². The number of nitrogens with zero attached hydrogens (tertiary/aromatic N) is 1. The van der Waals surface area contributed by atoms with Gasteiger partial charge in [-0.25, -0.2) is 0 Å². The molecule has 3 aromatic rings. The third kappa shape index (κ3) is 3.28. The van der Waals surface area contributed by atoms with Crippen molar-refractivity contribution in [3.05, 3.63) is 71.8 Å². The number of hydrogen-bond donors (Lipinski definition) is 1. The van der Waals surface area contributed by atoms with Crippen molar-refractivity contribution in [3.8, 4) is 23.0 Å². The summed E-state index contributed by atoms with van der Waals surface area (Å²) >= 11 is 0. The molecule has 0 saturated carbocycles. The molecule has 7 heteroatoms. The smallest absolute Gasteiger partial charge is 0.262 e. The van der Waals surface area contributed by atoms with E-state index < -0.39 is 6.17 Å². The highest BCUT2D eigenvalue weighted by molar-refractivity contribution is 6.12. The summed E-state index contributed by atoms with van der Waals surface area (Å²) in [6.07, 6.45) is -0.454. The maximum atomic E-state index is 13.6. The van der Waals surface area contributed by atoms with Gasteiger partial charge in [-0.1, -0.05) is 18.2 Å². The number of rotatable bonds is 4. The van der Waals surface area contributed by atoms with E-state index >= 15 is 0 Å². The first-order valence-electron chi connectivity index (χ1n) is 10.0. The molecule has 0 aromatic heterocycles. The van der Waals surface area contributed by atoms with Crippen LogP contribution in [0.1, 0.15) is 22.1 Å². The minimum Gasteiger partial charge on any atom is -0.493 e. The van der Waals surface area contributed by atoms with Gasteiger partial charge in [0.25, 0.3) is 5.91 Å². The average Bonchev–Trinajstić information content (AvgIpc) is 2.83. The Morgan fingerprint density at radius 3 is 2.48 bits per heavy atom. The summed E-state index contributed by atoms with van der Waals surface area (Å²) in [4.78, 5) is 15.3. The second kappa shape index (κ2) is 7.75. The third-order valence-electron chi connectivity index (χ3n) is 5.45. The van der Waals surface area contributed by atoms with Gasteiger partial charge in [-0.2, -0.15) is 0 Å². The second-order valence-corrected chi connectivity index (χ2v) is 7.21. The van der Waals surface area contributed by atoms with Crippen LogP contribution in [0.3, 0.4) is 0 Å². The Hall–Kier alpha value is -3.87. The van der Waals surface area contributed by atoms with E-state index in [1.54, 1.807) is 19.1 Å². The molecule has 0 spiro atoms. The second-order valence-electron chi connectivity index (χ2n) is 7.21. The molecule has 5 rings (SSSR count). The number of ether oxygens (including phenoxy) is 4. The van der Waals surface area contributed by atoms with Crippen LogP contribution in [0.15, 0.2) is 60.7 Å². The zero-order valence-corrected chi connectivity index (χ0v) is 17.3. The number of anilines is 2. The summed E-state index contributed by atoms with van der Waals surface area (Å²) in [6, 6.07) is 18.7. The molecule has 0 aliphatic carbocycles. The molecular weight excluding hydrogens is 396 g/mol. The first kappa shape index (κ1) is 19.1. The number of para-hydroxylation sites is 1. The van der Waals surface area contributed by atoms with Crippen molar-refractivity contribution < 1.29 is 23.7 Å². The lowest BCUT2D eigenvalue weighted by atomic mass is 10.0. The molecule has 0 bridgehead atoms. The van der Waals surface area contributed by atoms with Crippen LogP contribution in [0, 0.1) is 0 Å². The number of nitrogens with one attached hydrogen (secondary N) is 1. The molecule has 0 radical (unpaired) electrons. The minimum absolute atomic E-state index is 0.106. The van der Waals surface area contributed by atoms with E-state index in [1.807, 2.05) is 60.7 Å². The Bertz CT molecular complexity index is 1150. The number of benzene rings is 3. The molecule has 7 nitrogen and oxygen atoms in total. The molecule has 158 valence electrons. The molecule has 0 fully saturated rings. The fourth-order valence-corrected chi connectivity index (χ4v) is 3.96. The van der Waals surface area contributed by atoms with Gasteiger partial charge in [-0.15, -0.1) is 0 Å². The van der Waals surface area contributed by atoms with Gasteiger partial charge in [0.15, 0.2) is 23.0 Å². The van der Waals surface area contributed by atoms with E-state index in [1.165, 1.54) is 0 Å². The van der Waals surface area contributed by atoms with Crippen LogP contribution < -0.4 is 29.2 Å². The zero-order chi connectivity index (χ0) is 21.4. The Kier molecular flexibility index (Phi) is 4.78. The standard InChI is InChI=1S/C24H22N2O5/c1-28-19-9-7-15(13-21(19)29-2)23-25-18-6-4-3-5-17(18)24(27)26(23)16-8-10-20-22(14-16)31-12-11-30-20/h3-10,13-14,23,25H,11-12H2,1-2H3. The van der Waals surface area contributed by atoms with E-state index in [4.69, 9.17) is 18.9 Å². The van der Waals surface area contributed by atoms with Crippen LogP contribution in [0.4, 0.5) is 11.4 Å². The molecule has 3 aromatic carbocycles. The van der Waals surface area contributed by atoms with Crippen molar-refractivity contribution in [3.63, 3.8) is 0 Å². The highest BCUT2D eigenvalue weighted by Gasteiger charge is 2.35. The normalized spacial score (nSPS) is 16.9. The van der Waals surface area contributed by atoms with Crippen LogP contribution in [0.5, 0.6) is 23.0 Å². The lowest BCUT2D eigenvalue weighted by molar-refractivity contribution is 0.0974. The maximum absolute atomic E-state index is 13.6. The molecule has 0 saturated heterocycles. The molecule has 2 aliphatic heterocycles. The van der Waals surface area contributed by atoms with Gasteiger partial charge < -0.3 is 24.3 Å². The predicted molar refractivity (Wildman–Crippen MR) is 117 cm³/mol. The first-order valence-corrected chi connectivity index (χ1v) is 10.0. The molecular formula is C24H22N2O5. The van der Waals surface area contributed by atoms with E-state index in [0.717, 1.165) is 11.3 Å². The van der Waals surface area contributed by atoms with E-state index in [2.05, 4.69) is 5.32 Å². The maximum Gasteiger partial charge on any atom is 0.262 e. The Morgan fingerprint density at radius 1 is 0.903 bits per heavy atom. The number of fused-ring (bicyclic) bond motifs is 2. The summed E-state index contributed by atoms with van der Waals surface area (Å²) in [5.41, 5.74) is 2.95. The molecule has 1 amide bonds. The van der Waals surface area contributed by atoms with Crippen LogP contribution >= 0.6 is 0 Å². The molecule has 31 heavy (non-hydrogen) atoms. The fourth-order valence-electron chi connectivity index (χ4n) is 3.96. The largest absolute Gasteiger partial charge is 0.493 e. The predicted octanol–water partition coefficient (Wildman–Crippen LogP) is 4.25. The van der Waals surface area contributed by atoms with Crippen molar-refractivity contribution >= 4 is 17.3 Å². The number of amides is 1. The van der Waals surface area contributed by atoms with E-state index in [9.17, 15) is 4.79 Å². The van der Waals surface area contributed by atoms with Crippen LogP contribution in [0.2, 0.25) is 0 Å². The molecule has 1 unspecified atom stereocenters. The highest BCUT2D eigenvalue weighted by atomic mass is 16.6. The highest BCUT2D eigenvalue weighted by Crippen LogP contribution is 2.42. The monoisotopic (exact) mass is 418 g/mol. The molecule has 2 aliphatic rings. The number of carbonyl (C=O) groups excluding carboxylic acids is 1. The van der Waals surface area contributed by atoms with Crippen molar-refractivity contribution in [2.24, 2.45) is 0 Å². The lowest BCUT2D eigenvalue weighted by Gasteiger charge is -2.38. The van der Waals surface area contributed by atoms with Crippen LogP contribution in [-0.4, -0.2) is 33.3 Å². The fraction of sp³-hybridized carbons (Fsp3) is 0.208. The molecule has 1 N–H and O–H groups in total. The minimum atomic E-state index is -0.454. The van der Waals surface area contributed by atoms with Gasteiger partial charge in [0.05, 0.1) is 25.5 Å². The van der Waals surface area contributed by atoms with Gasteiger partial charge in [-0.05, 0) is 42.0 Å². The summed E-state index contributed by atoms with van der Waals surface area (Å²) < 4.78 is 22.2. The van der Waals surface area contributed by atoms with Crippen molar-refractivity contribution in [1.29, 1.82) is 0 Å². The summed E-state index contributed by atoms with van der Waals surface area (Å²) in [5, 5.41) is 3.50. The Morgan fingerprint density at radius 2 is 1.68 bits per heavy atom. The average molecular weight is 418 g/mol. The van der Waals surface area contributed by atoms with Gasteiger partial charge in [0, 0.05) is 11.8 Å². The lowest BCUT2D eigenvalue weighted by Crippen LogP contribution is -2.43. The number of carbonyl (C=O) groups is 1. The Balaban J connectivity index is 1.63. The van der Waals surface area contributed by atoms with Crippen LogP contribution in [0.25, 0.3) is 0 Å². The third-order valence-corrected chi connectivity index (χ3v) is 5.45. The van der Waals surface area contributed by atoms with Gasteiger partial charge in [0.1, 0.15) is 19.4 Å². The molecule has 1 atom stereocenters. The summed E-state index contributed by atoms with van der Waals surface area (Å²) in [7, 11) is 3.19. The topological polar surface area (TPSA) is 69.3 Å². The van der Waals surface area contributed by atoms with Crippen molar-refractivity contribution in [2.45, 2.75) is 6.17 Å².